The Labute approximate surface area is 144 Å². The molecule has 6 heteroatoms. The SMILES string of the molecule is CCNC(=NCc1ccc(O)c(OCC)c1)NC(C)C.I. The van der Waals surface area contributed by atoms with Crippen LogP contribution in [0, 0.1) is 0 Å². The Balaban J connectivity index is 0.00000400. The second-order valence-corrected chi connectivity index (χ2v) is 4.73. The van der Waals surface area contributed by atoms with Crippen LogP contribution in [0.15, 0.2) is 23.2 Å². The van der Waals surface area contributed by atoms with Crippen LogP contribution in [0.3, 0.4) is 0 Å². The molecule has 0 atom stereocenters. The Morgan fingerprint density at radius 1 is 1.33 bits per heavy atom. The third-order valence-electron chi connectivity index (χ3n) is 2.51. The molecule has 5 nitrogen and oxygen atoms in total. The van der Waals surface area contributed by atoms with Crippen molar-refractivity contribution in [2.75, 3.05) is 13.2 Å². The second-order valence-electron chi connectivity index (χ2n) is 4.73. The monoisotopic (exact) mass is 407 g/mol. The first-order chi connectivity index (χ1) is 9.56. The molecule has 0 aliphatic carbocycles. The Hall–Kier alpha value is -1.18. The Morgan fingerprint density at radius 3 is 2.62 bits per heavy atom. The van der Waals surface area contributed by atoms with E-state index in [0.29, 0.717) is 24.9 Å². The average molecular weight is 407 g/mol. The molecule has 0 radical (unpaired) electrons. The van der Waals surface area contributed by atoms with Gasteiger partial charge in [-0.3, -0.25) is 0 Å². The molecule has 0 aliphatic heterocycles. The quantitative estimate of drug-likeness (QED) is 0.386. The van der Waals surface area contributed by atoms with Crippen molar-refractivity contribution in [2.24, 2.45) is 4.99 Å². The molecule has 0 saturated heterocycles. The van der Waals surface area contributed by atoms with Crippen molar-refractivity contribution in [1.29, 1.82) is 0 Å². The third kappa shape index (κ3) is 7.40. The summed E-state index contributed by atoms with van der Waals surface area (Å²) < 4.78 is 5.37. The number of hydrogen-bond acceptors (Lipinski definition) is 3. The number of aliphatic imine (C=N–C) groups is 1. The zero-order valence-electron chi connectivity index (χ0n) is 13.1. The number of nitrogens with one attached hydrogen (secondary N) is 2. The van der Waals surface area contributed by atoms with Gasteiger partial charge in [0.05, 0.1) is 13.2 Å². The van der Waals surface area contributed by atoms with Crippen LogP contribution in [0.5, 0.6) is 11.5 Å². The van der Waals surface area contributed by atoms with Gasteiger partial charge in [0.2, 0.25) is 0 Å². The summed E-state index contributed by atoms with van der Waals surface area (Å²) in [6.07, 6.45) is 0. The van der Waals surface area contributed by atoms with Crippen LogP contribution in [-0.4, -0.2) is 30.3 Å². The van der Waals surface area contributed by atoms with Gasteiger partial charge in [-0.1, -0.05) is 6.07 Å². The number of ether oxygens (including phenoxy) is 1. The number of nitrogens with zero attached hydrogens (tertiary/aromatic N) is 1. The highest BCUT2D eigenvalue weighted by Crippen LogP contribution is 2.26. The number of aromatic hydroxyl groups is 1. The molecule has 1 aromatic rings. The topological polar surface area (TPSA) is 65.9 Å². The Morgan fingerprint density at radius 2 is 2.05 bits per heavy atom. The summed E-state index contributed by atoms with van der Waals surface area (Å²) in [7, 11) is 0. The van der Waals surface area contributed by atoms with Crippen LogP contribution in [-0.2, 0) is 6.54 Å². The van der Waals surface area contributed by atoms with Crippen molar-refractivity contribution in [3.63, 3.8) is 0 Å². The normalized spacial score (nSPS) is 11.0. The van der Waals surface area contributed by atoms with Gasteiger partial charge in [-0.2, -0.15) is 0 Å². The first-order valence-electron chi connectivity index (χ1n) is 7.06. The van der Waals surface area contributed by atoms with E-state index in [9.17, 15) is 5.11 Å². The van der Waals surface area contributed by atoms with E-state index < -0.39 is 0 Å². The number of rotatable bonds is 6. The number of hydrogen-bond donors (Lipinski definition) is 3. The molecule has 0 heterocycles. The van der Waals surface area contributed by atoms with Gasteiger partial charge in [0.25, 0.3) is 0 Å². The lowest BCUT2D eigenvalue weighted by molar-refractivity contribution is 0.318. The van der Waals surface area contributed by atoms with E-state index in [0.717, 1.165) is 18.1 Å². The lowest BCUT2D eigenvalue weighted by Gasteiger charge is -2.14. The molecule has 0 spiro atoms. The van der Waals surface area contributed by atoms with Gasteiger partial charge in [-0.25, -0.2) is 4.99 Å². The van der Waals surface area contributed by atoms with E-state index in [4.69, 9.17) is 4.74 Å². The van der Waals surface area contributed by atoms with Gasteiger partial charge in [0.15, 0.2) is 17.5 Å². The summed E-state index contributed by atoms with van der Waals surface area (Å²) in [6.45, 7) is 9.94. The summed E-state index contributed by atoms with van der Waals surface area (Å²) >= 11 is 0. The average Bonchev–Trinajstić information content (AvgIpc) is 2.39. The highest BCUT2D eigenvalue weighted by atomic mass is 127. The summed E-state index contributed by atoms with van der Waals surface area (Å²) in [4.78, 5) is 4.51. The highest BCUT2D eigenvalue weighted by Gasteiger charge is 2.04. The molecule has 0 aliphatic rings. The van der Waals surface area contributed by atoms with E-state index >= 15 is 0 Å². The van der Waals surface area contributed by atoms with E-state index in [1.165, 1.54) is 0 Å². The summed E-state index contributed by atoms with van der Waals surface area (Å²) in [5.74, 6) is 1.45. The zero-order chi connectivity index (χ0) is 15.0. The van der Waals surface area contributed by atoms with Gasteiger partial charge in [0.1, 0.15) is 0 Å². The van der Waals surface area contributed by atoms with Gasteiger partial charge in [0, 0.05) is 12.6 Å². The van der Waals surface area contributed by atoms with Crippen molar-refractivity contribution >= 4 is 29.9 Å². The molecule has 1 aromatic carbocycles. The van der Waals surface area contributed by atoms with E-state index in [-0.39, 0.29) is 29.7 Å². The molecular weight excluding hydrogens is 381 g/mol. The van der Waals surface area contributed by atoms with Crippen LogP contribution in [0.1, 0.15) is 33.3 Å². The molecule has 0 unspecified atom stereocenters. The minimum atomic E-state index is 0. The lowest BCUT2D eigenvalue weighted by Crippen LogP contribution is -2.40. The molecule has 0 aromatic heterocycles. The van der Waals surface area contributed by atoms with Crippen molar-refractivity contribution in [1.82, 2.24) is 10.6 Å². The molecule has 0 bridgehead atoms. The molecule has 0 fully saturated rings. The zero-order valence-corrected chi connectivity index (χ0v) is 15.5. The fourth-order valence-corrected chi connectivity index (χ4v) is 1.69. The predicted octanol–water partition coefficient (Wildman–Crippen LogP) is 2.87. The van der Waals surface area contributed by atoms with E-state index in [2.05, 4.69) is 29.5 Å². The first-order valence-corrected chi connectivity index (χ1v) is 7.06. The highest BCUT2D eigenvalue weighted by molar-refractivity contribution is 14.0. The summed E-state index contributed by atoms with van der Waals surface area (Å²) in [5, 5.41) is 16.1. The largest absolute Gasteiger partial charge is 0.504 e. The van der Waals surface area contributed by atoms with Crippen molar-refractivity contribution in [2.45, 2.75) is 40.3 Å². The minimum Gasteiger partial charge on any atom is -0.504 e. The van der Waals surface area contributed by atoms with E-state index in [1.807, 2.05) is 26.0 Å². The van der Waals surface area contributed by atoms with Crippen molar-refractivity contribution in [3.8, 4) is 11.5 Å². The van der Waals surface area contributed by atoms with Gasteiger partial charge in [-0.15, -0.1) is 24.0 Å². The second kappa shape index (κ2) is 10.5. The summed E-state index contributed by atoms with van der Waals surface area (Å²) in [5.41, 5.74) is 0.993. The van der Waals surface area contributed by atoms with Crippen LogP contribution < -0.4 is 15.4 Å². The molecule has 0 amide bonds. The van der Waals surface area contributed by atoms with Gasteiger partial charge >= 0.3 is 0 Å². The maximum absolute atomic E-state index is 9.66. The fraction of sp³-hybridized carbons (Fsp3) is 0.533. The van der Waals surface area contributed by atoms with Crippen LogP contribution in [0.2, 0.25) is 0 Å². The fourth-order valence-electron chi connectivity index (χ4n) is 1.69. The molecule has 3 N–H and O–H groups in total. The van der Waals surface area contributed by atoms with Gasteiger partial charge in [-0.05, 0) is 45.4 Å². The maximum atomic E-state index is 9.66. The Kier molecular flexibility index (Phi) is 9.94. The molecular formula is C15H26IN3O2. The van der Waals surface area contributed by atoms with Crippen LogP contribution in [0.4, 0.5) is 0 Å². The van der Waals surface area contributed by atoms with Gasteiger partial charge < -0.3 is 20.5 Å². The maximum Gasteiger partial charge on any atom is 0.191 e. The molecule has 1 rings (SSSR count). The lowest BCUT2D eigenvalue weighted by atomic mass is 10.2. The Bertz CT molecular complexity index is 451. The standard InChI is InChI=1S/C15H25N3O2.HI/c1-5-16-15(18-11(3)4)17-10-12-7-8-13(19)14(9-12)20-6-2;/h7-9,11,19H,5-6,10H2,1-4H3,(H2,16,17,18);1H. The van der Waals surface area contributed by atoms with Crippen molar-refractivity contribution < 1.29 is 9.84 Å². The number of benzene rings is 1. The number of phenols is 1. The number of guanidine groups is 1. The predicted molar refractivity (Wildman–Crippen MR) is 97.8 cm³/mol. The molecule has 21 heavy (non-hydrogen) atoms. The number of phenolic OH excluding ortho intramolecular Hbond substituents is 1. The summed E-state index contributed by atoms with van der Waals surface area (Å²) in [6, 6.07) is 5.63. The third-order valence-corrected chi connectivity index (χ3v) is 2.51. The minimum absolute atomic E-state index is 0. The number of halogens is 1. The van der Waals surface area contributed by atoms with Crippen LogP contribution in [0.25, 0.3) is 0 Å². The van der Waals surface area contributed by atoms with E-state index in [1.54, 1.807) is 6.07 Å². The first kappa shape index (κ1) is 19.8. The molecule has 0 saturated carbocycles. The van der Waals surface area contributed by atoms with Crippen molar-refractivity contribution in [3.05, 3.63) is 23.8 Å². The van der Waals surface area contributed by atoms with Crippen LogP contribution >= 0.6 is 24.0 Å². The molecule has 120 valence electrons. The smallest absolute Gasteiger partial charge is 0.191 e.